The average molecular weight is 244 g/mol. The van der Waals surface area contributed by atoms with E-state index in [1.165, 1.54) is 0 Å². The summed E-state index contributed by atoms with van der Waals surface area (Å²) in [7, 11) is 0. The van der Waals surface area contributed by atoms with Gasteiger partial charge in [-0.3, -0.25) is 0 Å². The Balaban J connectivity index is 3.64. The van der Waals surface area contributed by atoms with Crippen molar-refractivity contribution in [1.82, 2.24) is 10.6 Å². The number of aliphatic hydroxyl groups is 1. The molecule has 6 nitrogen and oxygen atoms in total. The summed E-state index contributed by atoms with van der Waals surface area (Å²) in [4.78, 5) is 20.8. The lowest BCUT2D eigenvalue weighted by Gasteiger charge is -2.10. The summed E-state index contributed by atoms with van der Waals surface area (Å²) < 4.78 is 34.9. The first-order chi connectivity index (χ1) is 7.22. The number of carboxylic acid groups (broad SMARTS) is 1. The first kappa shape index (κ1) is 14.5. The topological polar surface area (TPSA) is 98.7 Å². The second-order valence-corrected chi connectivity index (χ2v) is 2.86. The van der Waals surface area contributed by atoms with Crippen LogP contribution < -0.4 is 10.6 Å². The van der Waals surface area contributed by atoms with Gasteiger partial charge in [0, 0.05) is 6.54 Å². The zero-order valence-electron chi connectivity index (χ0n) is 8.04. The highest BCUT2D eigenvalue weighted by Crippen LogP contribution is 2.17. The van der Waals surface area contributed by atoms with E-state index in [9.17, 15) is 22.8 Å². The number of carboxylic acids is 1. The largest absolute Gasteiger partial charge is 0.479 e. The Bertz CT molecular complexity index is 257. The van der Waals surface area contributed by atoms with Gasteiger partial charge in [-0.05, 0) is 0 Å². The molecule has 0 aliphatic heterocycles. The van der Waals surface area contributed by atoms with Crippen molar-refractivity contribution < 1.29 is 33.0 Å². The van der Waals surface area contributed by atoms with Crippen molar-refractivity contribution in [3.8, 4) is 0 Å². The molecule has 4 N–H and O–H groups in total. The third-order valence-corrected chi connectivity index (χ3v) is 1.44. The van der Waals surface area contributed by atoms with Crippen molar-refractivity contribution >= 4 is 12.0 Å². The van der Waals surface area contributed by atoms with Crippen molar-refractivity contribution in [1.29, 1.82) is 0 Å². The van der Waals surface area contributed by atoms with Crippen molar-refractivity contribution in [2.24, 2.45) is 0 Å². The maximum atomic E-state index is 11.6. The number of rotatable bonds is 5. The summed E-state index contributed by atoms with van der Waals surface area (Å²) >= 11 is 0. The third kappa shape index (κ3) is 7.85. The van der Waals surface area contributed by atoms with Crippen LogP contribution in [0.2, 0.25) is 0 Å². The van der Waals surface area contributed by atoms with E-state index in [2.05, 4.69) is 0 Å². The molecule has 0 unspecified atom stereocenters. The molecule has 0 aliphatic carbocycles. The van der Waals surface area contributed by atoms with Crippen LogP contribution in [0.4, 0.5) is 18.0 Å². The van der Waals surface area contributed by atoms with Gasteiger partial charge in [-0.25, -0.2) is 9.59 Å². The number of hydrogen-bond donors (Lipinski definition) is 4. The second kappa shape index (κ2) is 6.16. The van der Waals surface area contributed by atoms with E-state index in [1.54, 1.807) is 0 Å². The number of alkyl halides is 3. The number of nitrogens with one attached hydrogen (secondary N) is 2. The summed E-state index contributed by atoms with van der Waals surface area (Å²) in [5, 5.41) is 20.7. The van der Waals surface area contributed by atoms with Crippen LogP contribution in [0.15, 0.2) is 0 Å². The van der Waals surface area contributed by atoms with Gasteiger partial charge in [0.25, 0.3) is 0 Å². The first-order valence-electron chi connectivity index (χ1n) is 4.21. The number of carbonyl (C=O) groups excluding carboxylic acids is 1. The highest BCUT2D eigenvalue weighted by molar-refractivity contribution is 5.76. The van der Waals surface area contributed by atoms with Gasteiger partial charge in [-0.15, -0.1) is 0 Å². The molecule has 0 heterocycles. The van der Waals surface area contributed by atoms with E-state index in [0.29, 0.717) is 0 Å². The molecule has 0 spiro atoms. The molecule has 2 amide bonds. The molecule has 16 heavy (non-hydrogen) atoms. The molecule has 0 aromatic heterocycles. The first-order valence-corrected chi connectivity index (χ1v) is 4.21. The van der Waals surface area contributed by atoms with Crippen LogP contribution in [0.3, 0.4) is 0 Å². The Morgan fingerprint density at radius 1 is 1.25 bits per heavy atom. The molecular formula is C7H11F3N2O4. The maximum Gasteiger partial charge on any atom is 0.390 e. The third-order valence-electron chi connectivity index (χ3n) is 1.44. The highest BCUT2D eigenvalue weighted by Gasteiger charge is 2.26. The van der Waals surface area contributed by atoms with Crippen molar-refractivity contribution in [2.45, 2.75) is 18.7 Å². The van der Waals surface area contributed by atoms with Crippen LogP contribution in [0.1, 0.15) is 6.42 Å². The molecule has 0 aromatic carbocycles. The summed E-state index contributed by atoms with van der Waals surface area (Å²) in [5.41, 5.74) is 0. The number of hydrogen-bond acceptors (Lipinski definition) is 3. The zero-order valence-corrected chi connectivity index (χ0v) is 8.04. The molecule has 0 saturated carbocycles. The smallest absolute Gasteiger partial charge is 0.390 e. The number of halogens is 3. The second-order valence-electron chi connectivity index (χ2n) is 2.86. The molecule has 0 rings (SSSR count). The SMILES string of the molecule is O=C(NCCC(F)(F)F)NC[C@H](O)C(=O)O. The standard InChI is InChI=1S/C7H11F3N2O4/c8-7(9,10)1-2-11-6(16)12-3-4(13)5(14)15/h4,13H,1-3H2,(H,14,15)(H2,11,12,16)/t4-/m0/s1. The van der Waals surface area contributed by atoms with Crippen LogP contribution in [0.25, 0.3) is 0 Å². The lowest BCUT2D eigenvalue weighted by Crippen LogP contribution is -2.42. The Morgan fingerprint density at radius 2 is 1.81 bits per heavy atom. The lowest BCUT2D eigenvalue weighted by molar-refractivity contribution is -0.146. The lowest BCUT2D eigenvalue weighted by atomic mass is 10.3. The fourth-order valence-corrected chi connectivity index (χ4v) is 0.657. The predicted molar refractivity (Wildman–Crippen MR) is 45.7 cm³/mol. The fraction of sp³-hybridized carbons (Fsp3) is 0.714. The average Bonchev–Trinajstić information content (AvgIpc) is 2.11. The van der Waals surface area contributed by atoms with E-state index in [1.807, 2.05) is 10.6 Å². The summed E-state index contributed by atoms with van der Waals surface area (Å²) in [5.74, 6) is -1.53. The van der Waals surface area contributed by atoms with Gasteiger partial charge < -0.3 is 20.8 Å². The Kier molecular flexibility index (Phi) is 5.57. The van der Waals surface area contributed by atoms with Crippen LogP contribution in [-0.2, 0) is 4.79 Å². The molecule has 0 aliphatic rings. The number of aliphatic hydroxyl groups excluding tert-OH is 1. The normalized spacial score (nSPS) is 13.0. The number of amides is 2. The fourth-order valence-electron chi connectivity index (χ4n) is 0.657. The minimum Gasteiger partial charge on any atom is -0.479 e. The van der Waals surface area contributed by atoms with Gasteiger partial charge in [0.1, 0.15) is 0 Å². The predicted octanol–water partition coefficient (Wildman–Crippen LogP) is -0.316. The van der Waals surface area contributed by atoms with Crippen molar-refractivity contribution in [3.05, 3.63) is 0 Å². The Morgan fingerprint density at radius 3 is 2.25 bits per heavy atom. The quantitative estimate of drug-likeness (QED) is 0.532. The van der Waals surface area contributed by atoms with Gasteiger partial charge in [-0.1, -0.05) is 0 Å². The molecule has 0 radical (unpaired) electrons. The molecule has 0 saturated heterocycles. The molecule has 94 valence electrons. The molecule has 0 bridgehead atoms. The number of urea groups is 1. The van der Waals surface area contributed by atoms with Gasteiger partial charge in [-0.2, -0.15) is 13.2 Å². The van der Waals surface area contributed by atoms with Crippen LogP contribution >= 0.6 is 0 Å². The van der Waals surface area contributed by atoms with E-state index in [-0.39, 0.29) is 0 Å². The monoisotopic (exact) mass is 244 g/mol. The number of carbonyl (C=O) groups is 2. The van der Waals surface area contributed by atoms with Crippen LogP contribution in [-0.4, -0.2) is 47.6 Å². The Labute approximate surface area is 88.4 Å². The molecule has 0 aromatic rings. The summed E-state index contributed by atoms with van der Waals surface area (Å²) in [6.45, 7) is -1.19. The van der Waals surface area contributed by atoms with Gasteiger partial charge >= 0.3 is 18.2 Å². The zero-order chi connectivity index (χ0) is 12.8. The van der Waals surface area contributed by atoms with Gasteiger partial charge in [0.05, 0.1) is 13.0 Å². The van der Waals surface area contributed by atoms with E-state index < -0.39 is 43.8 Å². The van der Waals surface area contributed by atoms with Gasteiger partial charge in [0.15, 0.2) is 6.10 Å². The van der Waals surface area contributed by atoms with Crippen LogP contribution in [0.5, 0.6) is 0 Å². The van der Waals surface area contributed by atoms with E-state index in [4.69, 9.17) is 10.2 Å². The minimum atomic E-state index is -4.37. The maximum absolute atomic E-state index is 11.6. The molecular weight excluding hydrogens is 233 g/mol. The van der Waals surface area contributed by atoms with E-state index >= 15 is 0 Å². The summed E-state index contributed by atoms with van der Waals surface area (Å²) in [6, 6.07) is -0.968. The Hall–Kier alpha value is -1.51. The van der Waals surface area contributed by atoms with Crippen molar-refractivity contribution in [2.75, 3.05) is 13.1 Å². The van der Waals surface area contributed by atoms with E-state index in [0.717, 1.165) is 0 Å². The molecule has 1 atom stereocenters. The molecule has 9 heteroatoms. The van der Waals surface area contributed by atoms with Crippen LogP contribution in [0, 0.1) is 0 Å². The van der Waals surface area contributed by atoms with Gasteiger partial charge in [0.2, 0.25) is 0 Å². The highest BCUT2D eigenvalue weighted by atomic mass is 19.4. The van der Waals surface area contributed by atoms with Crippen molar-refractivity contribution in [3.63, 3.8) is 0 Å². The minimum absolute atomic E-state index is 0.576. The molecule has 0 fully saturated rings. The summed E-state index contributed by atoms with van der Waals surface area (Å²) in [6.07, 6.45) is -7.33. The number of aliphatic carboxylic acids is 1.